The fourth-order valence-electron chi connectivity index (χ4n) is 2.67. The molecular weight excluding hydrogens is 424 g/mol. The first-order valence-corrected chi connectivity index (χ1v) is 13.0. The van der Waals surface area contributed by atoms with Crippen molar-refractivity contribution in [2.24, 2.45) is 0 Å². The number of carbonyl (C=O) groups excluding carboxylic acids is 2. The van der Waals surface area contributed by atoms with Crippen molar-refractivity contribution in [1.29, 1.82) is 0 Å². The SMILES string of the molecule is CO[Si](CCCOC(=O)C1OC1C(=O)OCCC[Si](OC)(OC)OC)(OC)OC. The van der Waals surface area contributed by atoms with Gasteiger partial charge < -0.3 is 40.8 Å². The Morgan fingerprint density at radius 1 is 0.655 bits per heavy atom. The highest BCUT2D eigenvalue weighted by molar-refractivity contribution is 6.60. The van der Waals surface area contributed by atoms with E-state index < -0.39 is 41.8 Å². The van der Waals surface area contributed by atoms with Gasteiger partial charge in [0, 0.05) is 54.7 Å². The lowest BCUT2D eigenvalue weighted by Crippen LogP contribution is -2.42. The van der Waals surface area contributed by atoms with Crippen LogP contribution in [0.4, 0.5) is 0 Å². The molecule has 0 spiro atoms. The van der Waals surface area contributed by atoms with Crippen molar-refractivity contribution in [3.8, 4) is 0 Å². The zero-order valence-electron chi connectivity index (χ0n) is 17.9. The van der Waals surface area contributed by atoms with Crippen LogP contribution in [0.15, 0.2) is 0 Å². The molecule has 0 aromatic rings. The molecule has 11 nitrogen and oxygen atoms in total. The number of carbonyl (C=O) groups is 2. The van der Waals surface area contributed by atoms with Gasteiger partial charge in [-0.05, 0) is 12.8 Å². The van der Waals surface area contributed by atoms with Gasteiger partial charge in [-0.25, -0.2) is 9.59 Å². The molecule has 2 atom stereocenters. The molecule has 170 valence electrons. The Bertz CT molecular complexity index is 451. The van der Waals surface area contributed by atoms with Crippen molar-refractivity contribution in [2.75, 3.05) is 55.9 Å². The van der Waals surface area contributed by atoms with E-state index in [2.05, 4.69) is 0 Å². The average Bonchev–Trinajstić information content (AvgIpc) is 3.56. The van der Waals surface area contributed by atoms with E-state index in [1.54, 1.807) is 0 Å². The van der Waals surface area contributed by atoms with Gasteiger partial charge in [0.1, 0.15) is 0 Å². The highest BCUT2D eigenvalue weighted by Crippen LogP contribution is 2.25. The number of esters is 2. The minimum absolute atomic E-state index is 0.142. The maximum Gasteiger partial charge on any atom is 0.500 e. The van der Waals surface area contributed by atoms with Crippen LogP contribution >= 0.6 is 0 Å². The van der Waals surface area contributed by atoms with E-state index in [1.807, 2.05) is 0 Å². The number of epoxide rings is 1. The van der Waals surface area contributed by atoms with Gasteiger partial charge in [0.05, 0.1) is 13.2 Å². The van der Waals surface area contributed by atoms with Crippen LogP contribution in [0.25, 0.3) is 0 Å². The summed E-state index contributed by atoms with van der Waals surface area (Å²) in [6.45, 7) is 0.284. The van der Waals surface area contributed by atoms with Gasteiger partial charge in [-0.2, -0.15) is 0 Å². The topological polar surface area (TPSA) is 121 Å². The van der Waals surface area contributed by atoms with Gasteiger partial charge in [-0.1, -0.05) is 0 Å². The van der Waals surface area contributed by atoms with E-state index in [0.717, 1.165) is 0 Å². The summed E-state index contributed by atoms with van der Waals surface area (Å²) in [6.07, 6.45) is -0.858. The van der Waals surface area contributed by atoms with Crippen LogP contribution < -0.4 is 0 Å². The van der Waals surface area contributed by atoms with Gasteiger partial charge in [0.2, 0.25) is 0 Å². The second-order valence-electron chi connectivity index (χ2n) is 6.11. The summed E-state index contributed by atoms with van der Waals surface area (Å²) in [5.41, 5.74) is 0. The summed E-state index contributed by atoms with van der Waals surface area (Å²) in [6, 6.07) is 0.992. The quantitative estimate of drug-likeness (QED) is 0.139. The molecule has 1 aliphatic heterocycles. The Labute approximate surface area is 173 Å². The van der Waals surface area contributed by atoms with E-state index >= 15 is 0 Å². The van der Waals surface area contributed by atoms with Gasteiger partial charge >= 0.3 is 29.5 Å². The van der Waals surface area contributed by atoms with Crippen molar-refractivity contribution in [2.45, 2.75) is 37.1 Å². The molecule has 0 aliphatic carbocycles. The predicted octanol–water partition coefficient (Wildman–Crippen LogP) is 0.377. The maximum absolute atomic E-state index is 11.9. The first kappa shape index (κ1) is 26.1. The van der Waals surface area contributed by atoms with Crippen LogP contribution in [-0.2, 0) is 50.4 Å². The lowest BCUT2D eigenvalue weighted by atomic mass is 10.3. The van der Waals surface area contributed by atoms with Crippen molar-refractivity contribution < 1.29 is 50.4 Å². The summed E-state index contributed by atoms with van der Waals surface area (Å²) in [5, 5.41) is 0. The van der Waals surface area contributed by atoms with E-state index in [0.29, 0.717) is 24.9 Å². The second-order valence-corrected chi connectivity index (χ2v) is 12.3. The minimum Gasteiger partial charge on any atom is -0.464 e. The largest absolute Gasteiger partial charge is 0.500 e. The highest BCUT2D eigenvalue weighted by atomic mass is 28.4. The van der Waals surface area contributed by atoms with Gasteiger partial charge in [0.15, 0.2) is 12.2 Å². The number of rotatable bonds is 16. The summed E-state index contributed by atoms with van der Waals surface area (Å²) in [4.78, 5) is 23.9. The molecule has 2 unspecified atom stereocenters. The molecule has 0 radical (unpaired) electrons. The first-order valence-electron chi connectivity index (χ1n) is 9.16. The Morgan fingerprint density at radius 2 is 0.966 bits per heavy atom. The molecule has 1 rings (SSSR count). The fourth-order valence-corrected chi connectivity index (χ4v) is 6.05. The Hall–Kier alpha value is -0.906. The molecule has 1 saturated heterocycles. The fraction of sp³-hybridized carbons (Fsp3) is 0.875. The normalized spacial score (nSPS) is 19.1. The highest BCUT2D eigenvalue weighted by Gasteiger charge is 2.53. The summed E-state index contributed by atoms with van der Waals surface area (Å²) < 4.78 is 47.1. The number of hydrogen-bond donors (Lipinski definition) is 0. The van der Waals surface area contributed by atoms with E-state index in [-0.39, 0.29) is 13.2 Å². The number of ether oxygens (including phenoxy) is 3. The van der Waals surface area contributed by atoms with Crippen LogP contribution in [0.2, 0.25) is 12.1 Å². The molecule has 0 amide bonds. The minimum atomic E-state index is -2.69. The molecular formula is C16H32O11Si2. The van der Waals surface area contributed by atoms with E-state index in [1.165, 1.54) is 42.7 Å². The molecule has 1 aliphatic rings. The third-order valence-corrected chi connectivity index (χ3v) is 10.2. The molecule has 29 heavy (non-hydrogen) atoms. The predicted molar refractivity (Wildman–Crippen MR) is 103 cm³/mol. The second kappa shape index (κ2) is 12.7. The molecule has 0 N–H and O–H groups in total. The van der Waals surface area contributed by atoms with Crippen LogP contribution in [0, 0.1) is 0 Å². The van der Waals surface area contributed by atoms with Crippen LogP contribution in [0.5, 0.6) is 0 Å². The summed E-state index contributed by atoms with van der Waals surface area (Å²) >= 11 is 0. The zero-order valence-corrected chi connectivity index (χ0v) is 19.9. The molecule has 13 heteroatoms. The summed E-state index contributed by atoms with van der Waals surface area (Å²) in [5.74, 6) is -1.20. The molecule has 0 saturated carbocycles. The standard InChI is InChI=1S/C16H32O11Si2/c1-19-28(20-2,21-3)11-7-9-25-15(17)13-14(27-13)16(18)26-10-8-12-29(22-4,23-5)24-6/h13-14H,7-12H2,1-6H3. The average molecular weight is 457 g/mol. The smallest absolute Gasteiger partial charge is 0.464 e. The molecule has 1 fully saturated rings. The van der Waals surface area contributed by atoms with Crippen molar-refractivity contribution in [3.05, 3.63) is 0 Å². The Balaban J connectivity index is 2.23. The molecule has 1 heterocycles. The van der Waals surface area contributed by atoms with Gasteiger partial charge in [-0.15, -0.1) is 0 Å². The van der Waals surface area contributed by atoms with Crippen molar-refractivity contribution in [3.63, 3.8) is 0 Å². The lowest BCUT2D eigenvalue weighted by molar-refractivity contribution is -0.147. The van der Waals surface area contributed by atoms with Crippen LogP contribution in [0.1, 0.15) is 12.8 Å². The monoisotopic (exact) mass is 456 g/mol. The maximum atomic E-state index is 11.9. The van der Waals surface area contributed by atoms with Crippen LogP contribution in [-0.4, -0.2) is 97.6 Å². The number of hydrogen-bond acceptors (Lipinski definition) is 11. The molecule has 0 aromatic heterocycles. The van der Waals surface area contributed by atoms with Crippen molar-refractivity contribution >= 4 is 29.5 Å². The Kier molecular flexibility index (Phi) is 11.5. The third-order valence-electron chi connectivity index (χ3n) is 4.57. The summed E-state index contributed by atoms with van der Waals surface area (Å²) in [7, 11) is 3.70. The van der Waals surface area contributed by atoms with Gasteiger partial charge in [-0.3, -0.25) is 0 Å². The lowest BCUT2D eigenvalue weighted by Gasteiger charge is -2.24. The van der Waals surface area contributed by atoms with Crippen LogP contribution in [0.3, 0.4) is 0 Å². The zero-order chi connectivity index (χ0) is 21.9. The third kappa shape index (κ3) is 7.69. The molecule has 0 bridgehead atoms. The van der Waals surface area contributed by atoms with E-state index in [9.17, 15) is 9.59 Å². The van der Waals surface area contributed by atoms with Crippen molar-refractivity contribution in [1.82, 2.24) is 0 Å². The molecule has 0 aromatic carbocycles. The van der Waals surface area contributed by atoms with Gasteiger partial charge in [0.25, 0.3) is 0 Å². The van der Waals surface area contributed by atoms with E-state index in [4.69, 9.17) is 40.8 Å². The first-order chi connectivity index (χ1) is 13.9. The Morgan fingerprint density at radius 3 is 1.24 bits per heavy atom.